The zero-order valence-corrected chi connectivity index (χ0v) is 11.0. The van der Waals surface area contributed by atoms with Crippen molar-refractivity contribution in [3.05, 3.63) is 0 Å². The van der Waals surface area contributed by atoms with Crippen molar-refractivity contribution < 1.29 is 24.6 Å². The first-order valence-electron chi connectivity index (χ1n) is 6.14. The van der Waals surface area contributed by atoms with Crippen LogP contribution in [0.4, 0.5) is 0 Å². The Labute approximate surface area is 107 Å². The maximum absolute atomic E-state index is 11.0. The summed E-state index contributed by atoms with van der Waals surface area (Å²) in [7, 11) is 0. The van der Waals surface area contributed by atoms with Crippen molar-refractivity contribution in [2.45, 2.75) is 52.1 Å². The molecule has 5 heteroatoms. The summed E-state index contributed by atoms with van der Waals surface area (Å²) in [5.74, 6) is -0.444. The van der Waals surface area contributed by atoms with Crippen LogP contribution in [-0.2, 0) is 14.4 Å². The highest BCUT2D eigenvalue weighted by Crippen LogP contribution is 2.19. The summed E-state index contributed by atoms with van der Waals surface area (Å²) in [5, 5.41) is 18.1. The van der Waals surface area contributed by atoms with E-state index < -0.39 is 18.5 Å². The van der Waals surface area contributed by atoms with Gasteiger partial charge in [0.15, 0.2) is 5.78 Å². The van der Waals surface area contributed by atoms with E-state index in [1.54, 1.807) is 0 Å². The molecule has 0 amide bonds. The molecule has 0 spiro atoms. The number of Topliss-reactive ketones (excluding diaryl/α,β-unsaturated/α-hetero) is 3. The number of carbonyl (C=O) groups is 3. The van der Waals surface area contributed by atoms with Gasteiger partial charge in [0, 0.05) is 19.3 Å². The third kappa shape index (κ3) is 9.01. The number of hydrogen-bond donors (Lipinski definition) is 2. The van der Waals surface area contributed by atoms with Gasteiger partial charge in [0.2, 0.25) is 0 Å². The molecule has 2 N–H and O–H groups in total. The average molecular weight is 258 g/mol. The Morgan fingerprint density at radius 2 is 1.44 bits per heavy atom. The first-order valence-corrected chi connectivity index (χ1v) is 6.14. The molecule has 1 unspecified atom stereocenters. The zero-order chi connectivity index (χ0) is 14.1. The van der Waals surface area contributed by atoms with Crippen LogP contribution in [0.15, 0.2) is 0 Å². The SMILES string of the molecule is CC(=O)CC(CCC(O)CC(=O)CO)CC(C)=O. The molecule has 0 aliphatic heterocycles. The summed E-state index contributed by atoms with van der Waals surface area (Å²) in [6.45, 7) is 2.37. The number of aliphatic hydroxyl groups excluding tert-OH is 2. The van der Waals surface area contributed by atoms with Gasteiger partial charge in [0.05, 0.1) is 6.10 Å². The van der Waals surface area contributed by atoms with E-state index in [1.165, 1.54) is 13.8 Å². The van der Waals surface area contributed by atoms with Gasteiger partial charge < -0.3 is 19.8 Å². The second-order valence-corrected chi connectivity index (χ2v) is 4.81. The molecule has 18 heavy (non-hydrogen) atoms. The van der Waals surface area contributed by atoms with Crippen LogP contribution in [0.1, 0.15) is 46.0 Å². The van der Waals surface area contributed by atoms with Gasteiger partial charge in [-0.15, -0.1) is 0 Å². The van der Waals surface area contributed by atoms with Gasteiger partial charge in [-0.3, -0.25) is 4.79 Å². The topological polar surface area (TPSA) is 91.7 Å². The summed E-state index contributed by atoms with van der Waals surface area (Å²) in [5.41, 5.74) is 0. The first kappa shape index (κ1) is 16.9. The fourth-order valence-electron chi connectivity index (χ4n) is 1.95. The van der Waals surface area contributed by atoms with E-state index in [2.05, 4.69) is 0 Å². The first-order chi connectivity index (χ1) is 8.35. The number of rotatable bonds is 10. The Kier molecular flexibility index (Phi) is 8.41. The van der Waals surface area contributed by atoms with Gasteiger partial charge in [-0.25, -0.2) is 0 Å². The molecular formula is C13H22O5. The minimum atomic E-state index is -0.814. The van der Waals surface area contributed by atoms with E-state index in [0.29, 0.717) is 25.7 Å². The van der Waals surface area contributed by atoms with Crippen molar-refractivity contribution in [2.24, 2.45) is 5.92 Å². The molecule has 0 saturated carbocycles. The van der Waals surface area contributed by atoms with Crippen LogP contribution in [0.2, 0.25) is 0 Å². The van der Waals surface area contributed by atoms with Crippen LogP contribution in [-0.4, -0.2) is 40.3 Å². The summed E-state index contributed by atoms with van der Waals surface area (Å²) >= 11 is 0. The number of carbonyl (C=O) groups excluding carboxylic acids is 3. The summed E-state index contributed by atoms with van der Waals surface area (Å²) < 4.78 is 0. The number of aliphatic hydroxyl groups is 2. The van der Waals surface area contributed by atoms with Crippen molar-refractivity contribution in [3.63, 3.8) is 0 Å². The smallest absolute Gasteiger partial charge is 0.160 e. The third-order valence-electron chi connectivity index (χ3n) is 2.70. The average Bonchev–Trinajstić information content (AvgIpc) is 2.24. The maximum Gasteiger partial charge on any atom is 0.160 e. The summed E-state index contributed by atoms with van der Waals surface area (Å²) in [6.07, 6.45) is 0.630. The molecule has 0 aromatic carbocycles. The van der Waals surface area contributed by atoms with Crippen LogP contribution < -0.4 is 0 Å². The molecule has 0 aromatic heterocycles. The lowest BCUT2D eigenvalue weighted by Crippen LogP contribution is -2.18. The van der Waals surface area contributed by atoms with Crippen molar-refractivity contribution in [2.75, 3.05) is 6.61 Å². The zero-order valence-electron chi connectivity index (χ0n) is 11.0. The van der Waals surface area contributed by atoms with E-state index in [4.69, 9.17) is 5.11 Å². The van der Waals surface area contributed by atoms with Crippen LogP contribution in [0.3, 0.4) is 0 Å². The van der Waals surface area contributed by atoms with Gasteiger partial charge in [-0.2, -0.15) is 0 Å². The van der Waals surface area contributed by atoms with Crippen LogP contribution in [0.5, 0.6) is 0 Å². The lowest BCUT2D eigenvalue weighted by atomic mass is 9.90. The van der Waals surface area contributed by atoms with E-state index in [-0.39, 0.29) is 23.9 Å². The minimum Gasteiger partial charge on any atom is -0.393 e. The fourth-order valence-corrected chi connectivity index (χ4v) is 1.95. The predicted octanol–water partition coefficient (Wildman–Crippen LogP) is 0.653. The Hall–Kier alpha value is -1.07. The Morgan fingerprint density at radius 1 is 0.944 bits per heavy atom. The molecule has 0 bridgehead atoms. The van der Waals surface area contributed by atoms with Crippen molar-refractivity contribution >= 4 is 17.3 Å². The van der Waals surface area contributed by atoms with Crippen molar-refractivity contribution in [1.29, 1.82) is 0 Å². The lowest BCUT2D eigenvalue weighted by Gasteiger charge is -2.16. The number of ketones is 3. The number of hydrogen-bond acceptors (Lipinski definition) is 5. The second kappa shape index (κ2) is 8.94. The molecule has 0 radical (unpaired) electrons. The Bertz CT molecular complexity index is 282. The maximum atomic E-state index is 11.0. The molecular weight excluding hydrogens is 236 g/mol. The van der Waals surface area contributed by atoms with Crippen molar-refractivity contribution in [3.8, 4) is 0 Å². The highest BCUT2D eigenvalue weighted by molar-refractivity contribution is 5.80. The monoisotopic (exact) mass is 258 g/mol. The molecule has 1 atom stereocenters. The minimum absolute atomic E-state index is 0.0159. The molecule has 0 aromatic rings. The van der Waals surface area contributed by atoms with Gasteiger partial charge in [-0.1, -0.05) is 0 Å². The summed E-state index contributed by atoms with van der Waals surface area (Å²) in [4.78, 5) is 33.0. The molecule has 0 aliphatic rings. The van der Waals surface area contributed by atoms with Crippen LogP contribution in [0.25, 0.3) is 0 Å². The standard InChI is InChI=1S/C13H22O5/c1-9(15)5-11(6-10(2)16)3-4-12(17)7-13(18)8-14/h11-12,14,17H,3-8H2,1-2H3. The highest BCUT2D eigenvalue weighted by atomic mass is 16.3. The van der Waals surface area contributed by atoms with E-state index in [0.717, 1.165) is 0 Å². The third-order valence-corrected chi connectivity index (χ3v) is 2.70. The van der Waals surface area contributed by atoms with Gasteiger partial charge >= 0.3 is 0 Å². The molecule has 5 nitrogen and oxygen atoms in total. The molecule has 0 rings (SSSR count). The van der Waals surface area contributed by atoms with E-state index >= 15 is 0 Å². The van der Waals surface area contributed by atoms with Gasteiger partial charge in [0.25, 0.3) is 0 Å². The predicted molar refractivity (Wildman–Crippen MR) is 66.0 cm³/mol. The molecule has 0 heterocycles. The van der Waals surface area contributed by atoms with Crippen LogP contribution >= 0.6 is 0 Å². The second-order valence-electron chi connectivity index (χ2n) is 4.81. The fraction of sp³-hybridized carbons (Fsp3) is 0.769. The van der Waals surface area contributed by atoms with Gasteiger partial charge in [-0.05, 0) is 32.6 Å². The van der Waals surface area contributed by atoms with Crippen molar-refractivity contribution in [1.82, 2.24) is 0 Å². The van der Waals surface area contributed by atoms with Crippen LogP contribution in [0, 0.1) is 5.92 Å². The highest BCUT2D eigenvalue weighted by Gasteiger charge is 2.17. The summed E-state index contributed by atoms with van der Waals surface area (Å²) in [6, 6.07) is 0. The normalized spacial score (nSPS) is 12.5. The molecule has 0 saturated heterocycles. The van der Waals surface area contributed by atoms with E-state index in [1.807, 2.05) is 0 Å². The largest absolute Gasteiger partial charge is 0.393 e. The molecule has 104 valence electrons. The molecule has 0 aliphatic carbocycles. The quantitative estimate of drug-likeness (QED) is 0.600. The molecule has 0 fully saturated rings. The lowest BCUT2D eigenvalue weighted by molar-refractivity contribution is -0.124. The Balaban J connectivity index is 4.11. The Morgan fingerprint density at radius 3 is 1.83 bits per heavy atom. The van der Waals surface area contributed by atoms with E-state index in [9.17, 15) is 19.5 Å². The van der Waals surface area contributed by atoms with Gasteiger partial charge in [0.1, 0.15) is 18.2 Å².